The monoisotopic (exact) mass is 276 g/mol. The molecule has 0 spiro atoms. The Labute approximate surface area is 115 Å². The lowest BCUT2D eigenvalue weighted by atomic mass is 9.75. The molecule has 100 valence electrons. The fourth-order valence-electron chi connectivity index (χ4n) is 2.71. The van der Waals surface area contributed by atoms with E-state index in [-0.39, 0.29) is 11.2 Å². The minimum atomic E-state index is -0.0315. The predicted octanol–water partition coefficient (Wildman–Crippen LogP) is 2.31. The van der Waals surface area contributed by atoms with Crippen LogP contribution in [0.15, 0.2) is 5.16 Å². The fourth-order valence-corrected chi connectivity index (χ4v) is 3.05. The fraction of sp³-hybridized carbons (Fsp3) is 0.538. The second-order valence-corrected chi connectivity index (χ2v) is 6.54. The third-order valence-corrected chi connectivity index (χ3v) is 4.03. The van der Waals surface area contributed by atoms with Gasteiger partial charge in [-0.15, -0.1) is 5.10 Å². The summed E-state index contributed by atoms with van der Waals surface area (Å²) in [5, 5.41) is 5.13. The Morgan fingerprint density at radius 3 is 2.68 bits per heavy atom. The minimum absolute atomic E-state index is 0.0315. The van der Waals surface area contributed by atoms with Gasteiger partial charge >= 0.3 is 0 Å². The highest BCUT2D eigenvalue weighted by Crippen LogP contribution is 2.35. The SMILES string of the molecule is CSc1nc2nc(C)c3c(n2n1)CC(C)(C)CC3=O. The molecule has 2 aromatic heterocycles. The summed E-state index contributed by atoms with van der Waals surface area (Å²) >= 11 is 1.48. The van der Waals surface area contributed by atoms with Crippen LogP contribution in [0.25, 0.3) is 5.78 Å². The van der Waals surface area contributed by atoms with Gasteiger partial charge in [-0.3, -0.25) is 4.79 Å². The second kappa shape index (κ2) is 4.03. The Morgan fingerprint density at radius 1 is 1.26 bits per heavy atom. The Balaban J connectivity index is 2.33. The maximum absolute atomic E-state index is 12.3. The number of hydrogen-bond donors (Lipinski definition) is 0. The largest absolute Gasteiger partial charge is 0.294 e. The summed E-state index contributed by atoms with van der Waals surface area (Å²) < 4.78 is 1.74. The Kier molecular flexibility index (Phi) is 2.67. The van der Waals surface area contributed by atoms with E-state index in [1.54, 1.807) is 4.52 Å². The van der Waals surface area contributed by atoms with Crippen LogP contribution in [0.5, 0.6) is 0 Å². The van der Waals surface area contributed by atoms with Gasteiger partial charge in [0.1, 0.15) is 0 Å². The van der Waals surface area contributed by atoms with Gasteiger partial charge in [0, 0.05) is 6.42 Å². The zero-order valence-corrected chi connectivity index (χ0v) is 12.3. The van der Waals surface area contributed by atoms with E-state index in [9.17, 15) is 4.79 Å². The van der Waals surface area contributed by atoms with Gasteiger partial charge < -0.3 is 0 Å². The summed E-state index contributed by atoms with van der Waals surface area (Å²) in [6.07, 6.45) is 3.33. The first-order valence-corrected chi connectivity index (χ1v) is 7.47. The van der Waals surface area contributed by atoms with Gasteiger partial charge in [0.2, 0.25) is 5.16 Å². The first-order valence-electron chi connectivity index (χ1n) is 6.25. The number of aromatic nitrogens is 4. The second-order valence-electron chi connectivity index (χ2n) is 5.77. The minimum Gasteiger partial charge on any atom is -0.294 e. The normalized spacial score (nSPS) is 17.8. The molecule has 5 nitrogen and oxygen atoms in total. The van der Waals surface area contributed by atoms with Crippen molar-refractivity contribution in [2.24, 2.45) is 5.41 Å². The van der Waals surface area contributed by atoms with Crippen molar-refractivity contribution in [1.29, 1.82) is 0 Å². The Hall–Kier alpha value is -1.43. The third-order valence-electron chi connectivity index (χ3n) is 3.49. The molecular formula is C13H16N4OS. The summed E-state index contributed by atoms with van der Waals surface area (Å²) in [6.45, 7) is 6.10. The summed E-state index contributed by atoms with van der Waals surface area (Å²) in [7, 11) is 0. The molecule has 0 atom stereocenters. The Morgan fingerprint density at radius 2 is 2.00 bits per heavy atom. The molecule has 1 aliphatic rings. The average Bonchev–Trinajstić information content (AvgIpc) is 2.69. The van der Waals surface area contributed by atoms with Crippen LogP contribution in [0.3, 0.4) is 0 Å². The van der Waals surface area contributed by atoms with Crippen LogP contribution >= 0.6 is 11.8 Å². The zero-order chi connectivity index (χ0) is 13.8. The predicted molar refractivity (Wildman–Crippen MR) is 73.7 cm³/mol. The van der Waals surface area contributed by atoms with Crippen LogP contribution < -0.4 is 0 Å². The molecule has 2 aromatic rings. The lowest BCUT2D eigenvalue weighted by Gasteiger charge is -2.30. The highest BCUT2D eigenvalue weighted by Gasteiger charge is 2.34. The van der Waals surface area contributed by atoms with Crippen molar-refractivity contribution in [3.8, 4) is 0 Å². The average molecular weight is 276 g/mol. The van der Waals surface area contributed by atoms with Crippen molar-refractivity contribution in [2.75, 3.05) is 6.26 Å². The molecule has 0 aromatic carbocycles. The van der Waals surface area contributed by atoms with Crippen molar-refractivity contribution in [2.45, 2.75) is 38.8 Å². The van der Waals surface area contributed by atoms with E-state index in [1.165, 1.54) is 11.8 Å². The molecule has 19 heavy (non-hydrogen) atoms. The smallest absolute Gasteiger partial charge is 0.253 e. The molecule has 0 amide bonds. The van der Waals surface area contributed by atoms with Crippen LogP contribution in [-0.2, 0) is 6.42 Å². The van der Waals surface area contributed by atoms with Gasteiger partial charge in [-0.1, -0.05) is 25.6 Å². The number of aryl methyl sites for hydroxylation is 1. The molecule has 0 fully saturated rings. The summed E-state index contributed by atoms with van der Waals surface area (Å²) in [6, 6.07) is 0. The van der Waals surface area contributed by atoms with E-state index in [2.05, 4.69) is 28.9 Å². The van der Waals surface area contributed by atoms with Crippen molar-refractivity contribution >= 4 is 23.3 Å². The maximum Gasteiger partial charge on any atom is 0.253 e. The number of hydrogen-bond acceptors (Lipinski definition) is 5. The Bertz CT molecular complexity index is 689. The lowest BCUT2D eigenvalue weighted by molar-refractivity contribution is 0.0907. The molecule has 6 heteroatoms. The zero-order valence-electron chi connectivity index (χ0n) is 11.5. The number of fused-ring (bicyclic) bond motifs is 3. The molecule has 0 aliphatic heterocycles. The van der Waals surface area contributed by atoms with Crippen LogP contribution in [0.2, 0.25) is 0 Å². The van der Waals surface area contributed by atoms with E-state index in [4.69, 9.17) is 0 Å². The van der Waals surface area contributed by atoms with E-state index in [0.29, 0.717) is 17.4 Å². The van der Waals surface area contributed by atoms with E-state index in [1.807, 2.05) is 13.2 Å². The highest BCUT2D eigenvalue weighted by molar-refractivity contribution is 7.98. The first kappa shape index (κ1) is 12.6. The van der Waals surface area contributed by atoms with E-state index < -0.39 is 0 Å². The highest BCUT2D eigenvalue weighted by atomic mass is 32.2. The van der Waals surface area contributed by atoms with Crippen LogP contribution in [-0.4, -0.2) is 31.6 Å². The molecule has 1 aliphatic carbocycles. The van der Waals surface area contributed by atoms with Crippen molar-refractivity contribution in [3.63, 3.8) is 0 Å². The molecule has 0 N–H and O–H groups in total. The number of ketones is 1. The van der Waals surface area contributed by atoms with Gasteiger partial charge in [0.05, 0.1) is 17.0 Å². The molecule has 0 saturated heterocycles. The number of rotatable bonds is 1. The number of carbonyl (C=O) groups is 1. The van der Waals surface area contributed by atoms with Gasteiger partial charge in [-0.25, -0.2) is 4.98 Å². The molecular weight excluding hydrogens is 260 g/mol. The van der Waals surface area contributed by atoms with Gasteiger partial charge in [-0.2, -0.15) is 9.50 Å². The third kappa shape index (κ3) is 1.94. The van der Waals surface area contributed by atoms with Crippen molar-refractivity contribution in [3.05, 3.63) is 17.0 Å². The van der Waals surface area contributed by atoms with Gasteiger partial charge in [0.25, 0.3) is 5.78 Å². The molecule has 0 bridgehead atoms. The van der Waals surface area contributed by atoms with Gasteiger partial charge in [-0.05, 0) is 25.0 Å². The molecule has 2 heterocycles. The van der Waals surface area contributed by atoms with Gasteiger partial charge in [0.15, 0.2) is 5.78 Å². The van der Waals surface area contributed by atoms with E-state index >= 15 is 0 Å². The quantitative estimate of drug-likeness (QED) is 0.748. The van der Waals surface area contributed by atoms with Crippen molar-refractivity contribution in [1.82, 2.24) is 19.6 Å². The summed E-state index contributed by atoms with van der Waals surface area (Å²) in [5.74, 6) is 0.755. The number of thioether (sulfide) groups is 1. The number of Topliss-reactive ketones (excluding diaryl/α,β-unsaturated/α-hetero) is 1. The number of carbonyl (C=O) groups excluding carboxylic acids is 1. The van der Waals surface area contributed by atoms with Crippen molar-refractivity contribution < 1.29 is 4.79 Å². The maximum atomic E-state index is 12.3. The number of nitrogens with zero attached hydrogens (tertiary/aromatic N) is 4. The molecule has 0 saturated carbocycles. The standard InChI is InChI=1S/C13H16N4OS/c1-7-10-8(5-13(2,3)6-9(10)18)17-11(14-7)15-12(16-17)19-4/h5-6H2,1-4H3. The van der Waals surface area contributed by atoms with Crippen LogP contribution in [0.4, 0.5) is 0 Å². The molecule has 0 radical (unpaired) electrons. The van der Waals surface area contributed by atoms with E-state index in [0.717, 1.165) is 23.4 Å². The summed E-state index contributed by atoms with van der Waals surface area (Å²) in [5.41, 5.74) is 2.43. The molecule has 0 unspecified atom stereocenters. The van der Waals surface area contributed by atoms with Crippen LogP contribution in [0.1, 0.15) is 42.0 Å². The first-order chi connectivity index (χ1) is 8.91. The topological polar surface area (TPSA) is 60.1 Å². The molecule has 3 rings (SSSR count). The summed E-state index contributed by atoms with van der Waals surface area (Å²) in [4.78, 5) is 21.1. The van der Waals surface area contributed by atoms with Crippen LogP contribution in [0, 0.1) is 12.3 Å². The lowest BCUT2D eigenvalue weighted by Crippen LogP contribution is -2.30.